The van der Waals surface area contributed by atoms with Crippen LogP contribution in [0.2, 0.25) is 0 Å². The molecule has 2 N–H and O–H groups in total. The molecule has 0 bridgehead atoms. The molecule has 0 saturated heterocycles. The molecule has 72 heavy (non-hydrogen) atoms. The molecule has 11 nitrogen and oxygen atoms in total. The van der Waals surface area contributed by atoms with Crippen molar-refractivity contribution in [2.45, 2.75) is 290 Å². The number of hydrogen-bond donors (Lipinski definition) is 2. The number of hydrogen-bond acceptors (Lipinski definition) is 10. The van der Waals surface area contributed by atoms with E-state index in [-0.39, 0.29) is 25.9 Å². The highest BCUT2D eigenvalue weighted by Gasteiger charge is 2.28. The van der Waals surface area contributed by atoms with Crippen LogP contribution in [0.15, 0.2) is 48.6 Å². The van der Waals surface area contributed by atoms with Crippen molar-refractivity contribution in [1.82, 2.24) is 0 Å². The van der Waals surface area contributed by atoms with Crippen molar-refractivity contribution in [2.24, 2.45) is 0 Å². The molecule has 0 aliphatic rings. The van der Waals surface area contributed by atoms with Gasteiger partial charge >= 0.3 is 25.7 Å². The topological polar surface area (TPSA) is 155 Å². The zero-order valence-electron chi connectivity index (χ0n) is 46.4. The van der Waals surface area contributed by atoms with Crippen LogP contribution in [0.5, 0.6) is 0 Å². The summed E-state index contributed by atoms with van der Waals surface area (Å²) in [7, 11) is -4.74. The average molecular weight is 1040 g/mol. The number of aliphatic hydroxyl groups excluding tert-OH is 1. The quantitative estimate of drug-likeness (QED) is 0.0197. The maximum Gasteiger partial charge on any atom is 0.472 e. The molecule has 0 heterocycles. The number of allylic oxidation sites excluding steroid dienone is 8. The van der Waals surface area contributed by atoms with Crippen molar-refractivity contribution < 1.29 is 52.2 Å². The highest BCUT2D eigenvalue weighted by Crippen LogP contribution is 2.43. The zero-order valence-corrected chi connectivity index (χ0v) is 47.3. The monoisotopic (exact) mass is 1040 g/mol. The molecule has 3 unspecified atom stereocenters. The van der Waals surface area contributed by atoms with E-state index in [0.717, 1.165) is 103 Å². The number of esters is 3. The van der Waals surface area contributed by atoms with Gasteiger partial charge in [-0.05, 0) is 57.8 Å². The van der Waals surface area contributed by atoms with Crippen LogP contribution >= 0.6 is 7.82 Å². The first-order valence-corrected chi connectivity index (χ1v) is 31.0. The number of carbonyl (C=O) groups is 3. The van der Waals surface area contributed by atoms with E-state index in [2.05, 4.69) is 69.4 Å². The summed E-state index contributed by atoms with van der Waals surface area (Å²) in [5.41, 5.74) is 0. The van der Waals surface area contributed by atoms with E-state index in [9.17, 15) is 28.9 Å². The van der Waals surface area contributed by atoms with Gasteiger partial charge in [0.1, 0.15) is 12.7 Å². The van der Waals surface area contributed by atoms with Gasteiger partial charge in [0.2, 0.25) is 0 Å². The number of carbonyl (C=O) groups excluding carboxylic acids is 3. The molecular formula is C60H109O11P. The highest BCUT2D eigenvalue weighted by molar-refractivity contribution is 7.47. The zero-order chi connectivity index (χ0) is 52.7. The number of ether oxygens (including phenoxy) is 3. The smallest absolute Gasteiger partial charge is 0.462 e. The maximum absolute atomic E-state index is 12.9. The molecule has 0 aromatic rings. The normalized spacial score (nSPS) is 13.7. The molecule has 0 spiro atoms. The van der Waals surface area contributed by atoms with Gasteiger partial charge in [0.15, 0.2) is 6.10 Å². The van der Waals surface area contributed by atoms with Crippen LogP contribution in [0.3, 0.4) is 0 Å². The average Bonchev–Trinajstić information content (AvgIpc) is 3.37. The van der Waals surface area contributed by atoms with Gasteiger partial charge in [0, 0.05) is 19.3 Å². The van der Waals surface area contributed by atoms with E-state index >= 15 is 0 Å². The number of rotatable bonds is 55. The molecule has 420 valence electrons. The molecule has 0 aromatic carbocycles. The van der Waals surface area contributed by atoms with Crippen LogP contribution in [0, 0.1) is 0 Å². The highest BCUT2D eigenvalue weighted by atomic mass is 31.2. The number of aliphatic hydroxyl groups is 1. The minimum absolute atomic E-state index is 0.168. The standard InChI is InChI=1S/C60H109O11P/c1-4-7-10-13-16-19-22-25-26-27-28-29-30-33-34-37-40-43-46-49-58(62)67-53-57(71-60(64)51-48-45-42-39-36-32-24-21-18-15-12-9-6-3)55-69-72(65,66)68-54-56(52-61)70-59(63)50-47-44-41-38-35-31-23-20-17-14-11-8-5-2/h7,10,16,19,25-26,28-29,56-57,61H,4-6,8-9,11-15,17-18,20-24,27,30-55H2,1-3H3,(H,65,66)/b10-7-,19-16-,26-25-,29-28-. The van der Waals surface area contributed by atoms with E-state index in [0.29, 0.717) is 19.3 Å². The summed E-state index contributed by atoms with van der Waals surface area (Å²) in [4.78, 5) is 48.5. The van der Waals surface area contributed by atoms with Crippen LogP contribution in [-0.2, 0) is 42.2 Å². The van der Waals surface area contributed by atoms with Gasteiger partial charge in [-0.15, -0.1) is 0 Å². The summed E-state index contributed by atoms with van der Waals surface area (Å²) in [6.45, 7) is 4.55. The Morgan fingerprint density at radius 3 is 1.11 bits per heavy atom. The van der Waals surface area contributed by atoms with Gasteiger partial charge in [0.25, 0.3) is 0 Å². The number of phosphoric acid groups is 1. The third-order valence-electron chi connectivity index (χ3n) is 12.8. The molecule has 0 aliphatic heterocycles. The Hall–Kier alpha value is -2.56. The van der Waals surface area contributed by atoms with Crippen LogP contribution in [0.4, 0.5) is 0 Å². The lowest BCUT2D eigenvalue weighted by molar-refractivity contribution is -0.161. The Morgan fingerprint density at radius 1 is 0.403 bits per heavy atom. The fourth-order valence-electron chi connectivity index (χ4n) is 8.29. The summed E-state index contributed by atoms with van der Waals surface area (Å²) in [5.74, 6) is -1.46. The molecule has 0 amide bonds. The second-order valence-electron chi connectivity index (χ2n) is 19.8. The van der Waals surface area contributed by atoms with Crippen LogP contribution in [0.25, 0.3) is 0 Å². The molecule has 0 fully saturated rings. The van der Waals surface area contributed by atoms with Crippen molar-refractivity contribution in [1.29, 1.82) is 0 Å². The molecule has 0 aromatic heterocycles. The Morgan fingerprint density at radius 2 is 0.722 bits per heavy atom. The molecular weight excluding hydrogens is 928 g/mol. The van der Waals surface area contributed by atoms with E-state index in [1.807, 2.05) is 0 Å². The predicted molar refractivity (Wildman–Crippen MR) is 298 cm³/mol. The summed E-state index contributed by atoms with van der Waals surface area (Å²) < 4.78 is 39.5. The first-order valence-electron chi connectivity index (χ1n) is 29.5. The molecule has 0 aliphatic carbocycles. The second kappa shape index (κ2) is 54.7. The van der Waals surface area contributed by atoms with Crippen LogP contribution < -0.4 is 0 Å². The summed E-state index contributed by atoms with van der Waals surface area (Å²) in [6, 6.07) is 0. The van der Waals surface area contributed by atoms with Crippen molar-refractivity contribution in [2.75, 3.05) is 26.4 Å². The number of unbranched alkanes of at least 4 members (excludes halogenated alkanes) is 30. The third-order valence-corrected chi connectivity index (χ3v) is 13.7. The van der Waals surface area contributed by atoms with E-state index in [1.165, 1.54) is 116 Å². The minimum atomic E-state index is -4.74. The van der Waals surface area contributed by atoms with Gasteiger partial charge < -0.3 is 24.2 Å². The molecule has 12 heteroatoms. The first-order chi connectivity index (χ1) is 35.2. The minimum Gasteiger partial charge on any atom is -0.462 e. The van der Waals surface area contributed by atoms with E-state index in [4.69, 9.17) is 23.3 Å². The van der Waals surface area contributed by atoms with Crippen LogP contribution in [-0.4, -0.2) is 66.5 Å². The summed E-state index contributed by atoms with van der Waals surface area (Å²) in [6.07, 6.45) is 57.8. The fourth-order valence-corrected chi connectivity index (χ4v) is 9.07. The lowest BCUT2D eigenvalue weighted by Gasteiger charge is -2.21. The first kappa shape index (κ1) is 69.4. The van der Waals surface area contributed by atoms with Crippen molar-refractivity contribution in [3.05, 3.63) is 48.6 Å². The Bertz CT molecular complexity index is 1400. The SMILES string of the molecule is CC/C=C\C/C=C\C/C=C\C/C=C\CCCCCCCCC(=O)OCC(COP(=O)(O)OCC(CO)OC(=O)CCCCCCCCCCCCCCC)OC(=O)CCCCCCCCCCCCCCC. The van der Waals surface area contributed by atoms with Gasteiger partial charge in [-0.25, -0.2) is 4.57 Å². The van der Waals surface area contributed by atoms with Crippen LogP contribution in [0.1, 0.15) is 278 Å². The maximum atomic E-state index is 12.9. The molecule has 0 rings (SSSR count). The Labute approximate surface area is 441 Å². The fraction of sp³-hybridized carbons (Fsp3) is 0.817. The Kier molecular flexibility index (Phi) is 52.7. The van der Waals surface area contributed by atoms with E-state index < -0.39 is 57.8 Å². The largest absolute Gasteiger partial charge is 0.472 e. The van der Waals surface area contributed by atoms with Crippen molar-refractivity contribution in [3.63, 3.8) is 0 Å². The number of phosphoric ester groups is 1. The van der Waals surface area contributed by atoms with Crippen molar-refractivity contribution >= 4 is 25.7 Å². The second-order valence-corrected chi connectivity index (χ2v) is 21.2. The van der Waals surface area contributed by atoms with E-state index in [1.54, 1.807) is 0 Å². The third kappa shape index (κ3) is 52.3. The predicted octanol–water partition coefficient (Wildman–Crippen LogP) is 17.4. The Balaban J connectivity index is 4.69. The lowest BCUT2D eigenvalue weighted by Crippen LogP contribution is -2.30. The van der Waals surface area contributed by atoms with Gasteiger partial charge in [-0.3, -0.25) is 23.4 Å². The molecule has 3 atom stereocenters. The lowest BCUT2D eigenvalue weighted by atomic mass is 10.0. The summed E-state index contributed by atoms with van der Waals surface area (Å²) >= 11 is 0. The van der Waals surface area contributed by atoms with Gasteiger partial charge in [0.05, 0.1) is 19.8 Å². The summed E-state index contributed by atoms with van der Waals surface area (Å²) in [5, 5.41) is 9.81. The van der Waals surface area contributed by atoms with Crippen molar-refractivity contribution in [3.8, 4) is 0 Å². The van der Waals surface area contributed by atoms with Gasteiger partial charge in [-0.2, -0.15) is 0 Å². The van der Waals surface area contributed by atoms with Gasteiger partial charge in [-0.1, -0.05) is 249 Å². The molecule has 0 saturated carbocycles. The molecule has 0 radical (unpaired) electrons.